The van der Waals surface area contributed by atoms with Gasteiger partial charge in [0, 0.05) is 31.8 Å². The second-order valence-corrected chi connectivity index (χ2v) is 7.74. The minimum Gasteiger partial charge on any atom is -0.350 e. The first-order valence-corrected chi connectivity index (χ1v) is 10.3. The lowest BCUT2D eigenvalue weighted by atomic mass is 10.1. The Balaban J connectivity index is 1.44. The molecule has 1 unspecified atom stereocenters. The van der Waals surface area contributed by atoms with Gasteiger partial charge in [0.05, 0.1) is 23.5 Å². The highest BCUT2D eigenvalue weighted by Gasteiger charge is 2.33. The summed E-state index contributed by atoms with van der Waals surface area (Å²) >= 11 is 0. The van der Waals surface area contributed by atoms with Crippen LogP contribution >= 0.6 is 0 Å². The van der Waals surface area contributed by atoms with Crippen LogP contribution in [-0.2, 0) is 11.8 Å². The summed E-state index contributed by atoms with van der Waals surface area (Å²) in [6.07, 6.45) is 4.23. The van der Waals surface area contributed by atoms with Crippen molar-refractivity contribution >= 4 is 23.2 Å². The Morgan fingerprint density at radius 2 is 1.77 bits per heavy atom. The van der Waals surface area contributed by atoms with Crippen LogP contribution in [0.2, 0.25) is 0 Å². The number of hydrogen-bond acceptors (Lipinski definition) is 2. The first-order valence-electron chi connectivity index (χ1n) is 10.3. The van der Waals surface area contributed by atoms with Crippen molar-refractivity contribution in [1.82, 2.24) is 4.57 Å². The largest absolute Gasteiger partial charge is 0.350 e. The SMILES string of the molecule is Cn1cccc1[C@H]1CCC[NH+]1CC(=O)Nc1ccccc1C(=O)Nc1ccccc1. The van der Waals surface area contributed by atoms with Crippen LogP contribution in [0.4, 0.5) is 11.4 Å². The van der Waals surface area contributed by atoms with E-state index in [-0.39, 0.29) is 11.8 Å². The molecule has 0 bridgehead atoms. The highest BCUT2D eigenvalue weighted by Crippen LogP contribution is 2.20. The molecule has 154 valence electrons. The van der Waals surface area contributed by atoms with Gasteiger partial charge in [-0.1, -0.05) is 30.3 Å². The highest BCUT2D eigenvalue weighted by atomic mass is 16.2. The smallest absolute Gasteiger partial charge is 0.279 e. The third-order valence-corrected chi connectivity index (χ3v) is 5.69. The van der Waals surface area contributed by atoms with Gasteiger partial charge in [0.2, 0.25) is 0 Å². The number of carbonyl (C=O) groups is 2. The number of nitrogens with zero attached hydrogens (tertiary/aromatic N) is 1. The number of hydrogen-bond donors (Lipinski definition) is 3. The van der Waals surface area contributed by atoms with E-state index in [9.17, 15) is 9.59 Å². The molecule has 1 aliphatic rings. The second-order valence-electron chi connectivity index (χ2n) is 7.74. The zero-order valence-electron chi connectivity index (χ0n) is 17.1. The molecule has 3 N–H and O–H groups in total. The number of carbonyl (C=O) groups excluding carboxylic acids is 2. The third kappa shape index (κ3) is 4.44. The lowest BCUT2D eigenvalue weighted by Crippen LogP contribution is -3.11. The molecule has 1 saturated heterocycles. The van der Waals surface area contributed by atoms with Crippen molar-refractivity contribution in [3.63, 3.8) is 0 Å². The first kappa shape index (κ1) is 19.9. The van der Waals surface area contributed by atoms with E-state index in [2.05, 4.69) is 21.3 Å². The Hall–Kier alpha value is -3.38. The Kier molecular flexibility index (Phi) is 5.95. The lowest BCUT2D eigenvalue weighted by Gasteiger charge is -2.22. The number of amides is 2. The quantitative estimate of drug-likeness (QED) is 0.592. The fourth-order valence-electron chi connectivity index (χ4n) is 4.23. The minimum absolute atomic E-state index is 0.0777. The summed E-state index contributed by atoms with van der Waals surface area (Å²) in [6, 6.07) is 20.9. The zero-order chi connectivity index (χ0) is 20.9. The fourth-order valence-corrected chi connectivity index (χ4v) is 4.23. The summed E-state index contributed by atoms with van der Waals surface area (Å²) in [5.74, 6) is -0.321. The predicted molar refractivity (Wildman–Crippen MR) is 118 cm³/mol. The normalized spacial score (nSPS) is 18.2. The van der Waals surface area contributed by atoms with Crippen LogP contribution in [0.3, 0.4) is 0 Å². The summed E-state index contributed by atoms with van der Waals surface area (Å²) in [4.78, 5) is 26.8. The Morgan fingerprint density at radius 3 is 2.53 bits per heavy atom. The van der Waals surface area contributed by atoms with Crippen molar-refractivity contribution < 1.29 is 14.5 Å². The van der Waals surface area contributed by atoms with E-state index in [1.807, 2.05) is 55.7 Å². The van der Waals surface area contributed by atoms with Gasteiger partial charge in [-0.15, -0.1) is 0 Å². The molecule has 0 radical (unpaired) electrons. The van der Waals surface area contributed by atoms with E-state index >= 15 is 0 Å². The molecule has 0 aliphatic carbocycles. The van der Waals surface area contributed by atoms with Gasteiger partial charge in [0.1, 0.15) is 6.04 Å². The Morgan fingerprint density at radius 1 is 1.00 bits per heavy atom. The van der Waals surface area contributed by atoms with E-state index in [4.69, 9.17) is 0 Å². The van der Waals surface area contributed by atoms with Crippen LogP contribution in [0, 0.1) is 0 Å². The second kappa shape index (κ2) is 8.97. The zero-order valence-corrected chi connectivity index (χ0v) is 17.1. The molecule has 3 aromatic rings. The lowest BCUT2D eigenvalue weighted by molar-refractivity contribution is -0.910. The van der Waals surface area contributed by atoms with Crippen molar-refractivity contribution in [2.75, 3.05) is 23.7 Å². The molecular weight excluding hydrogens is 376 g/mol. The van der Waals surface area contributed by atoms with Gasteiger partial charge in [-0.05, 0) is 36.4 Å². The van der Waals surface area contributed by atoms with Crippen molar-refractivity contribution in [3.8, 4) is 0 Å². The monoisotopic (exact) mass is 403 g/mol. The van der Waals surface area contributed by atoms with Crippen LogP contribution in [-0.4, -0.2) is 29.5 Å². The van der Waals surface area contributed by atoms with Crippen molar-refractivity contribution in [1.29, 1.82) is 0 Å². The maximum atomic E-state index is 12.8. The maximum Gasteiger partial charge on any atom is 0.279 e. The number of para-hydroxylation sites is 2. The van der Waals surface area contributed by atoms with Gasteiger partial charge < -0.3 is 20.1 Å². The van der Waals surface area contributed by atoms with Gasteiger partial charge in [0.15, 0.2) is 6.54 Å². The molecule has 0 saturated carbocycles. The van der Waals surface area contributed by atoms with Gasteiger partial charge >= 0.3 is 0 Å². The van der Waals surface area contributed by atoms with E-state index in [1.54, 1.807) is 18.2 Å². The predicted octanol–water partition coefficient (Wildman–Crippen LogP) is 2.64. The average Bonchev–Trinajstić information content (AvgIpc) is 3.37. The number of aryl methyl sites for hydroxylation is 1. The topological polar surface area (TPSA) is 67.6 Å². The minimum atomic E-state index is -0.243. The molecule has 6 nitrogen and oxygen atoms in total. The van der Waals surface area contributed by atoms with E-state index < -0.39 is 0 Å². The van der Waals surface area contributed by atoms with Crippen LogP contribution in [0.15, 0.2) is 72.9 Å². The van der Waals surface area contributed by atoms with Crippen molar-refractivity contribution in [3.05, 3.63) is 84.2 Å². The van der Waals surface area contributed by atoms with E-state index in [0.29, 0.717) is 23.8 Å². The molecule has 1 aliphatic heterocycles. The first-order chi connectivity index (χ1) is 14.6. The number of anilines is 2. The van der Waals surface area contributed by atoms with E-state index in [0.717, 1.165) is 25.1 Å². The number of benzene rings is 2. The molecule has 2 aromatic carbocycles. The van der Waals surface area contributed by atoms with Crippen LogP contribution in [0.25, 0.3) is 0 Å². The van der Waals surface area contributed by atoms with Crippen LogP contribution in [0.5, 0.6) is 0 Å². The number of rotatable bonds is 6. The maximum absolute atomic E-state index is 12.8. The number of likely N-dealkylation sites (tertiary alicyclic amines) is 1. The van der Waals surface area contributed by atoms with Gasteiger partial charge in [-0.3, -0.25) is 9.59 Å². The third-order valence-electron chi connectivity index (χ3n) is 5.69. The summed E-state index contributed by atoms with van der Waals surface area (Å²) in [5, 5.41) is 5.84. The Labute approximate surface area is 176 Å². The van der Waals surface area contributed by atoms with Gasteiger partial charge in [-0.2, -0.15) is 0 Å². The molecule has 1 fully saturated rings. The Bertz CT molecular complexity index is 1030. The summed E-state index contributed by atoms with van der Waals surface area (Å²) in [7, 11) is 2.05. The molecule has 4 rings (SSSR count). The summed E-state index contributed by atoms with van der Waals surface area (Å²) < 4.78 is 2.14. The number of quaternary nitrogens is 1. The molecular formula is C24H27N4O2+. The standard InChI is InChI=1S/C24H26N4O2/c1-27-15-7-13-21(27)22-14-8-16-28(22)17-23(29)26-20-12-6-5-11-19(20)24(30)25-18-9-3-2-4-10-18/h2-7,9-13,15,22H,8,14,16-17H2,1H3,(H,25,30)(H,26,29)/p+1/t22-/m1/s1. The fraction of sp³-hybridized carbons (Fsp3) is 0.250. The van der Waals surface area contributed by atoms with Gasteiger partial charge in [-0.25, -0.2) is 0 Å². The summed E-state index contributed by atoms with van der Waals surface area (Å²) in [6.45, 7) is 1.35. The molecule has 2 atom stereocenters. The molecule has 1 aromatic heterocycles. The number of nitrogens with one attached hydrogen (secondary N) is 3. The van der Waals surface area contributed by atoms with Crippen LogP contribution < -0.4 is 15.5 Å². The summed E-state index contributed by atoms with van der Waals surface area (Å²) in [5.41, 5.74) is 2.96. The molecule has 30 heavy (non-hydrogen) atoms. The van der Waals surface area contributed by atoms with Crippen LogP contribution in [0.1, 0.15) is 34.9 Å². The molecule has 0 spiro atoms. The van der Waals surface area contributed by atoms with Crippen molar-refractivity contribution in [2.45, 2.75) is 18.9 Å². The molecule has 2 amide bonds. The highest BCUT2D eigenvalue weighted by molar-refractivity contribution is 6.10. The van der Waals surface area contributed by atoms with Crippen molar-refractivity contribution in [2.24, 2.45) is 7.05 Å². The van der Waals surface area contributed by atoms with E-state index in [1.165, 1.54) is 10.6 Å². The molecule has 2 heterocycles. The van der Waals surface area contributed by atoms with Gasteiger partial charge in [0.25, 0.3) is 11.8 Å². The average molecular weight is 404 g/mol. The number of aromatic nitrogens is 1. The molecule has 6 heteroatoms.